The first kappa shape index (κ1) is 49.5. The van der Waals surface area contributed by atoms with Crippen LogP contribution >= 0.6 is 0 Å². The van der Waals surface area contributed by atoms with Crippen LogP contribution in [0.1, 0.15) is 101 Å². The maximum atomic E-state index is 11.0. The number of carbonyl (C=O) groups is 2. The van der Waals surface area contributed by atoms with E-state index in [-0.39, 0.29) is 11.9 Å². The van der Waals surface area contributed by atoms with E-state index in [0.29, 0.717) is 76.0 Å². The van der Waals surface area contributed by atoms with E-state index in [1.807, 2.05) is 48.5 Å². The van der Waals surface area contributed by atoms with Gasteiger partial charge in [-0.05, 0) is 36.8 Å². The number of unbranched alkanes of at least 4 members (excludes halogenated alkanes) is 12. The van der Waals surface area contributed by atoms with Gasteiger partial charge >= 0.3 is 11.9 Å². The predicted octanol–water partition coefficient (Wildman–Crippen LogP) is 9.71. The van der Waals surface area contributed by atoms with E-state index in [2.05, 4.69) is 33.1 Å². The highest BCUT2D eigenvalue weighted by molar-refractivity contribution is 5.81. The molecule has 0 spiro atoms. The summed E-state index contributed by atoms with van der Waals surface area (Å²) in [5.41, 5.74) is 3.70. The molecule has 2 aromatic heterocycles. The number of nitrogens with zero attached hydrogens (tertiary/aromatic N) is 4. The van der Waals surface area contributed by atoms with Crippen molar-refractivity contribution < 1.29 is 47.5 Å². The molecule has 0 unspecified atom stereocenters. The zero-order chi connectivity index (χ0) is 44.9. The fourth-order valence-electron chi connectivity index (χ4n) is 6.69. The van der Waals surface area contributed by atoms with Gasteiger partial charge in [-0.15, -0.1) is 0 Å². The quantitative estimate of drug-likeness (QED) is 0.0259. The van der Waals surface area contributed by atoms with E-state index in [1.54, 1.807) is 24.8 Å². The molecular formula is C50H64N4O10. The second-order valence-electron chi connectivity index (χ2n) is 15.4. The number of hydrogen-bond donors (Lipinski definition) is 0. The smallest absolute Gasteiger partial charge is 0.330 e. The second kappa shape index (κ2) is 29.8. The summed E-state index contributed by atoms with van der Waals surface area (Å²) >= 11 is 0. The summed E-state index contributed by atoms with van der Waals surface area (Å²) in [6.07, 6.45) is 22.8. The lowest BCUT2D eigenvalue weighted by Crippen LogP contribution is -2.41. The van der Waals surface area contributed by atoms with Crippen molar-refractivity contribution in [3.05, 3.63) is 110 Å². The lowest BCUT2D eigenvalue weighted by Gasteiger charge is -2.31. The Labute approximate surface area is 377 Å². The second-order valence-corrected chi connectivity index (χ2v) is 15.4. The third kappa shape index (κ3) is 19.1. The zero-order valence-corrected chi connectivity index (χ0v) is 37.1. The molecule has 0 saturated carbocycles. The lowest BCUT2D eigenvalue weighted by molar-refractivity contribution is -0.326. The highest BCUT2D eigenvalue weighted by atomic mass is 16.8. The molecule has 4 aromatic rings. The van der Waals surface area contributed by atoms with Crippen molar-refractivity contribution in [2.45, 2.75) is 116 Å². The van der Waals surface area contributed by atoms with Crippen LogP contribution in [0.3, 0.4) is 0 Å². The first-order chi connectivity index (χ1) is 31.5. The lowest BCUT2D eigenvalue weighted by atomic mass is 10.1. The number of hydrogen-bond acceptors (Lipinski definition) is 14. The number of esters is 2. The topological polar surface area (TPSA) is 160 Å². The van der Waals surface area contributed by atoms with Crippen LogP contribution in [0, 0.1) is 0 Å². The van der Waals surface area contributed by atoms with Crippen molar-refractivity contribution in [3.63, 3.8) is 0 Å². The minimum absolute atomic E-state index is 0.313. The molecule has 0 aliphatic carbocycles. The summed E-state index contributed by atoms with van der Waals surface area (Å²) in [6, 6.07) is 15.8. The highest BCUT2D eigenvalue weighted by Gasteiger charge is 2.29. The summed E-state index contributed by atoms with van der Waals surface area (Å²) in [5, 5.41) is 0. The Morgan fingerprint density at radius 3 is 1.17 bits per heavy atom. The van der Waals surface area contributed by atoms with Gasteiger partial charge in [-0.2, -0.15) is 0 Å². The minimum atomic E-state index is -0.678. The Hall–Kier alpha value is -5.54. The number of aromatic nitrogens is 4. The average molecular weight is 881 g/mol. The molecule has 1 aliphatic rings. The molecular weight excluding hydrogens is 817 g/mol. The first-order valence-corrected chi connectivity index (χ1v) is 22.6. The van der Waals surface area contributed by atoms with E-state index in [9.17, 15) is 9.59 Å². The SMILES string of the molecule is C=CC(=O)OCCCCCCCCCOc1cnc(-c2ccc(CO[C@H]3OCCO[C@@H]3OCc3ccc(-c4ncc(OCCCCCCCCCOC(=O)C=C)cn4)cc3)cc2)nc1. The van der Waals surface area contributed by atoms with E-state index >= 15 is 0 Å². The van der Waals surface area contributed by atoms with Crippen LogP contribution in [-0.4, -0.2) is 84.1 Å². The van der Waals surface area contributed by atoms with E-state index in [4.69, 9.17) is 37.9 Å². The Balaban J connectivity index is 0.928. The van der Waals surface area contributed by atoms with Gasteiger partial charge in [-0.25, -0.2) is 29.5 Å². The third-order valence-corrected chi connectivity index (χ3v) is 10.3. The summed E-state index contributed by atoms with van der Waals surface area (Å²) in [7, 11) is 0. The maximum absolute atomic E-state index is 11.0. The van der Waals surface area contributed by atoms with Gasteiger partial charge in [0.05, 0.1) is 77.6 Å². The van der Waals surface area contributed by atoms with Gasteiger partial charge in [0.15, 0.2) is 23.1 Å². The molecule has 64 heavy (non-hydrogen) atoms. The van der Waals surface area contributed by atoms with Crippen LogP contribution in [0.5, 0.6) is 11.5 Å². The Morgan fingerprint density at radius 1 is 0.500 bits per heavy atom. The minimum Gasteiger partial charge on any atom is -0.490 e. The fourth-order valence-corrected chi connectivity index (χ4v) is 6.69. The van der Waals surface area contributed by atoms with Crippen LogP contribution in [0.15, 0.2) is 98.6 Å². The van der Waals surface area contributed by atoms with Gasteiger partial charge in [-0.3, -0.25) is 0 Å². The number of carbonyl (C=O) groups excluding carboxylic acids is 2. The standard InChI is InChI=1S/C50H64N4O10/c1-3-45(55)59-29-17-13-9-5-7-11-15-27-57-43-33-51-47(52-34-43)41-23-19-39(20-24-41)37-63-49-50(62-32-31-61-49)64-38-40-21-25-42(26-22-40)48-53-35-44(36-54-48)58-28-16-12-8-6-10-14-18-30-60-46(56)4-2/h3-4,19-26,33-36,49-50H,1-2,5-18,27-32,37-38H2/t49-,50-/m1/s1. The maximum Gasteiger partial charge on any atom is 0.330 e. The molecule has 14 heteroatoms. The zero-order valence-electron chi connectivity index (χ0n) is 37.1. The molecule has 0 N–H and O–H groups in total. The van der Waals surface area contributed by atoms with Crippen molar-refractivity contribution in [2.24, 2.45) is 0 Å². The molecule has 1 aliphatic heterocycles. The highest BCUT2D eigenvalue weighted by Crippen LogP contribution is 2.23. The van der Waals surface area contributed by atoms with Crippen LogP contribution in [-0.2, 0) is 51.2 Å². The molecule has 1 saturated heterocycles. The molecule has 0 amide bonds. The fraction of sp³-hybridized carbons (Fsp3) is 0.480. The molecule has 5 rings (SSSR count). The Kier molecular flexibility index (Phi) is 23.0. The van der Waals surface area contributed by atoms with Gasteiger partial charge in [0.2, 0.25) is 12.6 Å². The summed E-state index contributed by atoms with van der Waals surface area (Å²) < 4.78 is 45.7. The Bertz CT molecular complexity index is 1790. The molecule has 3 heterocycles. The molecule has 344 valence electrons. The van der Waals surface area contributed by atoms with Gasteiger partial charge in [0.25, 0.3) is 0 Å². The van der Waals surface area contributed by atoms with Crippen LogP contribution < -0.4 is 9.47 Å². The molecule has 1 fully saturated rings. The van der Waals surface area contributed by atoms with Crippen molar-refractivity contribution in [1.29, 1.82) is 0 Å². The van der Waals surface area contributed by atoms with Gasteiger partial charge in [0, 0.05) is 23.3 Å². The van der Waals surface area contributed by atoms with E-state index < -0.39 is 12.6 Å². The third-order valence-electron chi connectivity index (χ3n) is 10.3. The summed E-state index contributed by atoms with van der Waals surface area (Å²) in [6.45, 7) is 10.4. The molecule has 0 bridgehead atoms. The van der Waals surface area contributed by atoms with Gasteiger partial charge in [0.1, 0.15) is 0 Å². The average Bonchev–Trinajstić information content (AvgIpc) is 3.34. The predicted molar refractivity (Wildman–Crippen MR) is 242 cm³/mol. The number of rotatable bonds is 32. The largest absolute Gasteiger partial charge is 0.490 e. The van der Waals surface area contributed by atoms with E-state index in [1.165, 1.54) is 12.2 Å². The molecule has 0 radical (unpaired) electrons. The van der Waals surface area contributed by atoms with Crippen LogP contribution in [0.4, 0.5) is 0 Å². The van der Waals surface area contributed by atoms with Crippen molar-refractivity contribution >= 4 is 11.9 Å². The molecule has 2 atom stereocenters. The van der Waals surface area contributed by atoms with Crippen LogP contribution in [0.2, 0.25) is 0 Å². The van der Waals surface area contributed by atoms with Crippen molar-refractivity contribution in [3.8, 4) is 34.3 Å². The normalized spacial score (nSPS) is 14.7. The van der Waals surface area contributed by atoms with Gasteiger partial charge in [-0.1, -0.05) is 126 Å². The number of benzene rings is 2. The van der Waals surface area contributed by atoms with E-state index in [0.717, 1.165) is 112 Å². The monoisotopic (exact) mass is 880 g/mol. The first-order valence-electron chi connectivity index (χ1n) is 22.6. The van der Waals surface area contributed by atoms with Gasteiger partial charge < -0.3 is 37.9 Å². The van der Waals surface area contributed by atoms with Crippen LogP contribution in [0.25, 0.3) is 22.8 Å². The molecule has 14 nitrogen and oxygen atoms in total. The number of ether oxygens (including phenoxy) is 8. The molecule has 2 aromatic carbocycles. The Morgan fingerprint density at radius 2 is 0.828 bits per heavy atom. The summed E-state index contributed by atoms with van der Waals surface area (Å²) in [4.78, 5) is 40.1. The van der Waals surface area contributed by atoms with Crippen molar-refractivity contribution in [1.82, 2.24) is 19.9 Å². The van der Waals surface area contributed by atoms with Crippen molar-refractivity contribution in [2.75, 3.05) is 39.6 Å². The summed E-state index contributed by atoms with van der Waals surface area (Å²) in [5.74, 6) is 1.82.